The Morgan fingerprint density at radius 3 is 1.49 bits per heavy atom. The number of hydrogen-bond donors (Lipinski definition) is 0. The van der Waals surface area contributed by atoms with Gasteiger partial charge >= 0.3 is 0 Å². The van der Waals surface area contributed by atoms with Crippen molar-refractivity contribution >= 4 is 54.7 Å². The van der Waals surface area contributed by atoms with Gasteiger partial charge in [-0.25, -0.2) is 0 Å². The highest BCUT2D eigenvalue weighted by molar-refractivity contribution is 6.09. The molecule has 0 fully saturated rings. The fourth-order valence-corrected chi connectivity index (χ4v) is 9.89. The summed E-state index contributed by atoms with van der Waals surface area (Å²) in [6.07, 6.45) is 0. The van der Waals surface area contributed by atoms with E-state index in [1.165, 1.54) is 93.4 Å². The third-order valence-corrected chi connectivity index (χ3v) is 13.1. The molecule has 65 heavy (non-hydrogen) atoms. The molecule has 0 unspecified atom stereocenters. The van der Waals surface area contributed by atoms with Gasteiger partial charge in [0.05, 0.1) is 11.0 Å². The number of rotatable bonds is 9. The summed E-state index contributed by atoms with van der Waals surface area (Å²) in [6, 6.07) is 93.0. The topological polar surface area (TPSA) is 8.17 Å². The highest BCUT2D eigenvalue weighted by Crippen LogP contribution is 2.42. The van der Waals surface area contributed by atoms with E-state index in [1.807, 2.05) is 0 Å². The first-order valence-electron chi connectivity index (χ1n) is 22.4. The van der Waals surface area contributed by atoms with Crippen LogP contribution in [0.15, 0.2) is 255 Å². The average Bonchev–Trinajstić information content (AvgIpc) is 3.72. The molecule has 0 aliphatic heterocycles. The van der Waals surface area contributed by atoms with Crippen LogP contribution in [-0.4, -0.2) is 4.57 Å². The third-order valence-electron chi connectivity index (χ3n) is 13.1. The Morgan fingerprint density at radius 2 is 0.815 bits per heavy atom. The van der Waals surface area contributed by atoms with E-state index in [9.17, 15) is 0 Å². The second-order valence-electron chi connectivity index (χ2n) is 16.9. The van der Waals surface area contributed by atoms with Crippen LogP contribution in [0.25, 0.3) is 93.5 Å². The Hall–Kier alpha value is -8.46. The molecule has 0 aliphatic rings. The molecule has 1 aromatic heterocycles. The zero-order valence-electron chi connectivity index (χ0n) is 35.9. The van der Waals surface area contributed by atoms with Gasteiger partial charge in [-0.3, -0.25) is 0 Å². The third kappa shape index (κ3) is 7.03. The molecular weight excluding hydrogens is 785 g/mol. The number of nitrogens with zero attached hydrogens (tertiary/aromatic N) is 2. The summed E-state index contributed by atoms with van der Waals surface area (Å²) in [6.45, 7) is 0.710. The maximum atomic E-state index is 2.45. The van der Waals surface area contributed by atoms with Gasteiger partial charge in [0.1, 0.15) is 0 Å². The SMILES string of the molecule is c1ccc(N(Cc2ccc(-c3ccc(-c4cccc5ccccc45)cc3)cc2)c2ccc(-c3cccc(-n4c5ccccc5c5ccccc54)c3)c(-c3cccc4ccccc34)c2)cc1. The molecule has 0 aliphatic carbocycles. The second kappa shape index (κ2) is 16.3. The molecule has 306 valence electrons. The quantitative estimate of drug-likeness (QED) is 0.141. The van der Waals surface area contributed by atoms with Crippen LogP contribution in [0.5, 0.6) is 0 Å². The van der Waals surface area contributed by atoms with E-state index < -0.39 is 0 Å². The van der Waals surface area contributed by atoms with Crippen molar-refractivity contribution in [1.82, 2.24) is 4.57 Å². The Morgan fingerprint density at radius 1 is 0.292 bits per heavy atom. The Kier molecular flexibility index (Phi) is 9.61. The summed E-state index contributed by atoms with van der Waals surface area (Å²) in [5.41, 5.74) is 16.7. The van der Waals surface area contributed by atoms with Gasteiger partial charge < -0.3 is 9.47 Å². The van der Waals surface area contributed by atoms with Gasteiger partial charge in [0.2, 0.25) is 0 Å². The zero-order valence-corrected chi connectivity index (χ0v) is 35.9. The monoisotopic (exact) mass is 828 g/mol. The molecule has 0 atom stereocenters. The first kappa shape index (κ1) is 38.2. The number of para-hydroxylation sites is 3. The minimum atomic E-state index is 0.710. The van der Waals surface area contributed by atoms with Crippen LogP contribution in [-0.2, 0) is 6.54 Å². The standard InChI is InChI=1S/C63H44N2/c1-2-20-51(21-3-1)64(43-44-31-33-45(34-32-44)46-35-37-49(38-36-46)55-27-13-17-47-15-4-6-23-54(47)55)52-39-40-57(61(42-52)58-28-14-18-48-16-5-7-24-56(48)58)50-19-12-22-53(41-50)65-62-29-10-8-25-59(62)60-26-9-11-30-63(60)65/h1-42H,43H2. The van der Waals surface area contributed by atoms with Crippen molar-refractivity contribution in [2.45, 2.75) is 6.54 Å². The lowest BCUT2D eigenvalue weighted by Crippen LogP contribution is -2.16. The van der Waals surface area contributed by atoms with E-state index in [0.29, 0.717) is 6.54 Å². The Labute approximate surface area is 379 Å². The van der Waals surface area contributed by atoms with Gasteiger partial charge in [0.25, 0.3) is 0 Å². The molecule has 0 saturated heterocycles. The highest BCUT2D eigenvalue weighted by atomic mass is 15.1. The van der Waals surface area contributed by atoms with Crippen LogP contribution >= 0.6 is 0 Å². The summed E-state index contributed by atoms with van der Waals surface area (Å²) in [5, 5.41) is 7.52. The van der Waals surface area contributed by atoms with E-state index >= 15 is 0 Å². The van der Waals surface area contributed by atoms with Crippen molar-refractivity contribution in [2.24, 2.45) is 0 Å². The van der Waals surface area contributed by atoms with Gasteiger partial charge in [0, 0.05) is 34.4 Å². The zero-order chi connectivity index (χ0) is 43.1. The first-order chi connectivity index (χ1) is 32.2. The van der Waals surface area contributed by atoms with Crippen molar-refractivity contribution in [1.29, 1.82) is 0 Å². The minimum Gasteiger partial charge on any atom is -0.337 e. The highest BCUT2D eigenvalue weighted by Gasteiger charge is 2.18. The van der Waals surface area contributed by atoms with Gasteiger partial charge in [-0.2, -0.15) is 0 Å². The van der Waals surface area contributed by atoms with Crippen LogP contribution in [0.4, 0.5) is 11.4 Å². The van der Waals surface area contributed by atoms with E-state index in [1.54, 1.807) is 0 Å². The van der Waals surface area contributed by atoms with E-state index in [2.05, 4.69) is 264 Å². The summed E-state index contributed by atoms with van der Waals surface area (Å²) in [7, 11) is 0. The maximum Gasteiger partial charge on any atom is 0.0541 e. The molecule has 0 amide bonds. The molecule has 0 N–H and O–H groups in total. The van der Waals surface area contributed by atoms with Crippen molar-refractivity contribution < 1.29 is 0 Å². The molecule has 12 aromatic rings. The smallest absolute Gasteiger partial charge is 0.0541 e. The Balaban J connectivity index is 0.931. The lowest BCUT2D eigenvalue weighted by atomic mass is 9.90. The van der Waals surface area contributed by atoms with Crippen molar-refractivity contribution in [3.8, 4) is 50.2 Å². The number of anilines is 2. The van der Waals surface area contributed by atoms with E-state index in [0.717, 1.165) is 17.1 Å². The van der Waals surface area contributed by atoms with Gasteiger partial charge in [0.15, 0.2) is 0 Å². The molecule has 0 saturated carbocycles. The van der Waals surface area contributed by atoms with Crippen molar-refractivity contribution in [3.05, 3.63) is 260 Å². The van der Waals surface area contributed by atoms with E-state index in [-0.39, 0.29) is 0 Å². The van der Waals surface area contributed by atoms with E-state index in [4.69, 9.17) is 0 Å². The fraction of sp³-hybridized carbons (Fsp3) is 0.0159. The largest absolute Gasteiger partial charge is 0.337 e. The molecule has 12 rings (SSSR count). The second-order valence-corrected chi connectivity index (χ2v) is 16.9. The molecule has 0 spiro atoms. The molecular formula is C63H44N2. The summed E-state index contributed by atoms with van der Waals surface area (Å²) in [5.74, 6) is 0. The van der Waals surface area contributed by atoms with Gasteiger partial charge in [-0.1, -0.05) is 206 Å². The maximum absolute atomic E-state index is 2.45. The normalized spacial score (nSPS) is 11.4. The predicted octanol–water partition coefficient (Wildman–Crippen LogP) is 17.1. The lowest BCUT2D eigenvalue weighted by molar-refractivity contribution is 0.976. The van der Waals surface area contributed by atoms with Gasteiger partial charge in [-0.15, -0.1) is 0 Å². The summed E-state index contributed by atoms with van der Waals surface area (Å²) in [4.78, 5) is 2.45. The molecule has 2 nitrogen and oxygen atoms in total. The summed E-state index contributed by atoms with van der Waals surface area (Å²) >= 11 is 0. The lowest BCUT2D eigenvalue weighted by Gasteiger charge is -2.27. The van der Waals surface area contributed by atoms with Crippen LogP contribution < -0.4 is 4.90 Å². The molecule has 2 heteroatoms. The molecule has 0 bridgehead atoms. The number of fused-ring (bicyclic) bond motifs is 5. The van der Waals surface area contributed by atoms with Crippen LogP contribution in [0.1, 0.15) is 5.56 Å². The number of benzene rings is 11. The fourth-order valence-electron chi connectivity index (χ4n) is 9.89. The molecule has 11 aromatic carbocycles. The average molecular weight is 829 g/mol. The van der Waals surface area contributed by atoms with Crippen molar-refractivity contribution in [2.75, 3.05) is 4.90 Å². The molecule has 1 heterocycles. The predicted molar refractivity (Wildman–Crippen MR) is 276 cm³/mol. The van der Waals surface area contributed by atoms with Gasteiger partial charge in [-0.05, 0) is 120 Å². The van der Waals surface area contributed by atoms with Crippen molar-refractivity contribution in [3.63, 3.8) is 0 Å². The van der Waals surface area contributed by atoms with Crippen LogP contribution in [0.3, 0.4) is 0 Å². The first-order valence-corrected chi connectivity index (χ1v) is 22.4. The number of aromatic nitrogens is 1. The minimum absolute atomic E-state index is 0.710. The Bertz CT molecular complexity index is 3610. The molecule has 0 radical (unpaired) electrons. The number of hydrogen-bond acceptors (Lipinski definition) is 1. The van der Waals surface area contributed by atoms with Crippen LogP contribution in [0, 0.1) is 0 Å². The summed E-state index contributed by atoms with van der Waals surface area (Å²) < 4.78 is 2.41. The van der Waals surface area contributed by atoms with Crippen LogP contribution in [0.2, 0.25) is 0 Å².